The van der Waals surface area contributed by atoms with Crippen molar-refractivity contribution in [2.24, 2.45) is 5.73 Å². The van der Waals surface area contributed by atoms with Crippen molar-refractivity contribution in [3.8, 4) is 6.07 Å². The normalized spacial score (nSPS) is 9.00. The van der Waals surface area contributed by atoms with E-state index in [9.17, 15) is 0 Å². The number of rotatable bonds is 1. The van der Waals surface area contributed by atoms with Gasteiger partial charge in [0, 0.05) is 10.0 Å². The van der Waals surface area contributed by atoms with Gasteiger partial charge in [-0.3, -0.25) is 5.41 Å². The average Bonchev–Trinajstić information content (AvgIpc) is 2.05. The number of hydrogen-bond acceptors (Lipinski definition) is 2. The lowest BCUT2D eigenvalue weighted by atomic mass is 10.1. The highest BCUT2D eigenvalue weighted by Crippen LogP contribution is 2.17. The monoisotopic (exact) mass is 223 g/mol. The molecule has 60 valence electrons. The van der Waals surface area contributed by atoms with Crippen LogP contribution in [0.3, 0.4) is 0 Å². The Bertz CT molecular complexity index is 365. The topological polar surface area (TPSA) is 73.7 Å². The number of hydrogen-bond donors (Lipinski definition) is 2. The van der Waals surface area contributed by atoms with Crippen LogP contribution in [0, 0.1) is 16.7 Å². The van der Waals surface area contributed by atoms with Crippen molar-refractivity contribution in [2.45, 2.75) is 0 Å². The van der Waals surface area contributed by atoms with Gasteiger partial charge < -0.3 is 5.73 Å². The lowest BCUT2D eigenvalue weighted by Gasteiger charge is -2.00. The van der Waals surface area contributed by atoms with Crippen molar-refractivity contribution in [3.05, 3.63) is 33.8 Å². The molecule has 4 heteroatoms. The van der Waals surface area contributed by atoms with Crippen LogP contribution in [0.15, 0.2) is 22.7 Å². The number of halogens is 1. The summed E-state index contributed by atoms with van der Waals surface area (Å²) in [5.74, 6) is -0.0426. The van der Waals surface area contributed by atoms with Gasteiger partial charge in [0.05, 0.1) is 11.6 Å². The van der Waals surface area contributed by atoms with E-state index in [0.717, 1.165) is 4.47 Å². The first-order valence-electron chi connectivity index (χ1n) is 3.19. The van der Waals surface area contributed by atoms with Crippen LogP contribution < -0.4 is 5.73 Å². The molecule has 0 unspecified atom stereocenters. The molecule has 0 aliphatic rings. The summed E-state index contributed by atoms with van der Waals surface area (Å²) in [5, 5.41) is 15.7. The number of amidine groups is 1. The van der Waals surface area contributed by atoms with Gasteiger partial charge in [0.25, 0.3) is 0 Å². The van der Waals surface area contributed by atoms with Crippen LogP contribution in [-0.2, 0) is 0 Å². The smallest absolute Gasteiger partial charge is 0.123 e. The Balaban J connectivity index is 3.28. The molecule has 0 amide bonds. The van der Waals surface area contributed by atoms with Crippen molar-refractivity contribution in [2.75, 3.05) is 0 Å². The van der Waals surface area contributed by atoms with E-state index in [2.05, 4.69) is 15.9 Å². The largest absolute Gasteiger partial charge is 0.384 e. The minimum Gasteiger partial charge on any atom is -0.384 e. The molecular weight excluding hydrogens is 218 g/mol. The van der Waals surface area contributed by atoms with Gasteiger partial charge in [-0.15, -0.1) is 0 Å². The third-order valence-electron chi connectivity index (χ3n) is 1.39. The van der Waals surface area contributed by atoms with E-state index in [1.165, 1.54) is 0 Å². The zero-order chi connectivity index (χ0) is 9.14. The number of nitrogens with two attached hydrogens (primary N) is 1. The van der Waals surface area contributed by atoms with Gasteiger partial charge in [-0.2, -0.15) is 5.26 Å². The summed E-state index contributed by atoms with van der Waals surface area (Å²) < 4.78 is 0.731. The summed E-state index contributed by atoms with van der Waals surface area (Å²) in [5.41, 5.74) is 6.34. The van der Waals surface area contributed by atoms with Gasteiger partial charge >= 0.3 is 0 Å². The molecule has 3 N–H and O–H groups in total. The van der Waals surface area contributed by atoms with E-state index in [4.69, 9.17) is 16.4 Å². The quantitative estimate of drug-likeness (QED) is 0.561. The highest BCUT2D eigenvalue weighted by Gasteiger charge is 2.03. The molecule has 0 aliphatic carbocycles. The van der Waals surface area contributed by atoms with E-state index in [0.29, 0.717) is 11.1 Å². The molecule has 0 atom stereocenters. The molecular formula is C8H6BrN3. The van der Waals surface area contributed by atoms with Gasteiger partial charge in [0.15, 0.2) is 0 Å². The van der Waals surface area contributed by atoms with E-state index in [-0.39, 0.29) is 5.84 Å². The van der Waals surface area contributed by atoms with Crippen LogP contribution in [0.25, 0.3) is 0 Å². The first-order chi connectivity index (χ1) is 5.65. The van der Waals surface area contributed by atoms with Gasteiger partial charge in [-0.05, 0) is 18.2 Å². The van der Waals surface area contributed by atoms with E-state index in [1.807, 2.05) is 6.07 Å². The van der Waals surface area contributed by atoms with Crippen molar-refractivity contribution in [1.82, 2.24) is 0 Å². The van der Waals surface area contributed by atoms with Crippen molar-refractivity contribution >= 4 is 21.8 Å². The number of nitrogen functional groups attached to an aromatic ring is 1. The summed E-state index contributed by atoms with van der Waals surface area (Å²) in [6.07, 6.45) is 0. The van der Waals surface area contributed by atoms with Gasteiger partial charge in [-0.25, -0.2) is 0 Å². The van der Waals surface area contributed by atoms with Crippen molar-refractivity contribution < 1.29 is 0 Å². The van der Waals surface area contributed by atoms with Crippen LogP contribution in [0.2, 0.25) is 0 Å². The minimum absolute atomic E-state index is 0.0426. The molecule has 1 aromatic rings. The predicted molar refractivity (Wildman–Crippen MR) is 49.9 cm³/mol. The second-order valence-electron chi connectivity index (χ2n) is 2.22. The maximum atomic E-state index is 8.56. The summed E-state index contributed by atoms with van der Waals surface area (Å²) in [4.78, 5) is 0. The molecule has 0 spiro atoms. The van der Waals surface area contributed by atoms with Crippen LogP contribution in [0.5, 0.6) is 0 Å². The van der Waals surface area contributed by atoms with Gasteiger partial charge in [0.1, 0.15) is 5.84 Å². The zero-order valence-electron chi connectivity index (χ0n) is 6.13. The maximum Gasteiger partial charge on any atom is 0.123 e. The van der Waals surface area contributed by atoms with Crippen LogP contribution in [-0.4, -0.2) is 5.84 Å². The summed E-state index contributed by atoms with van der Waals surface area (Å²) in [6.45, 7) is 0. The van der Waals surface area contributed by atoms with Crippen LogP contribution >= 0.6 is 15.9 Å². The number of benzene rings is 1. The number of nitrogens with one attached hydrogen (secondary N) is 1. The average molecular weight is 224 g/mol. The fourth-order valence-corrected chi connectivity index (χ4v) is 1.26. The standard InChI is InChI=1S/C8H6BrN3/c9-7-2-1-5(4-10)3-6(7)8(11)12/h1-3H,(H3,11,12). The predicted octanol–water partition coefficient (Wildman–Crippen LogP) is 1.60. The highest BCUT2D eigenvalue weighted by atomic mass is 79.9. The Morgan fingerprint density at radius 2 is 2.25 bits per heavy atom. The third kappa shape index (κ3) is 1.63. The Morgan fingerprint density at radius 3 is 2.75 bits per heavy atom. The molecule has 3 nitrogen and oxygen atoms in total. The number of nitriles is 1. The van der Waals surface area contributed by atoms with E-state index >= 15 is 0 Å². The Hall–Kier alpha value is -1.34. The minimum atomic E-state index is -0.0426. The van der Waals surface area contributed by atoms with Crippen molar-refractivity contribution in [3.63, 3.8) is 0 Å². The first-order valence-corrected chi connectivity index (χ1v) is 3.98. The maximum absolute atomic E-state index is 8.56. The zero-order valence-corrected chi connectivity index (χ0v) is 7.72. The summed E-state index contributed by atoms with van der Waals surface area (Å²) >= 11 is 3.23. The van der Waals surface area contributed by atoms with Crippen LogP contribution in [0.4, 0.5) is 0 Å². The highest BCUT2D eigenvalue weighted by molar-refractivity contribution is 9.10. The molecule has 0 fully saturated rings. The van der Waals surface area contributed by atoms with Gasteiger partial charge in [0.2, 0.25) is 0 Å². The molecule has 1 aromatic carbocycles. The molecule has 0 aliphatic heterocycles. The number of nitrogens with zero attached hydrogens (tertiary/aromatic N) is 1. The second-order valence-corrected chi connectivity index (χ2v) is 3.07. The molecule has 0 saturated carbocycles. The van der Waals surface area contributed by atoms with E-state index < -0.39 is 0 Å². The first kappa shape index (κ1) is 8.75. The molecule has 0 radical (unpaired) electrons. The second kappa shape index (κ2) is 3.37. The molecule has 12 heavy (non-hydrogen) atoms. The lowest BCUT2D eigenvalue weighted by Crippen LogP contribution is -2.11. The SMILES string of the molecule is N#Cc1ccc(Br)c(C(=N)N)c1. The Kier molecular flexibility index (Phi) is 2.46. The van der Waals surface area contributed by atoms with E-state index in [1.54, 1.807) is 18.2 Å². The summed E-state index contributed by atoms with van der Waals surface area (Å²) in [7, 11) is 0. The fourth-order valence-electron chi connectivity index (χ4n) is 0.801. The molecule has 0 heterocycles. The Labute approximate surface area is 78.4 Å². The van der Waals surface area contributed by atoms with Crippen molar-refractivity contribution in [1.29, 1.82) is 10.7 Å². The third-order valence-corrected chi connectivity index (χ3v) is 2.08. The Morgan fingerprint density at radius 1 is 1.58 bits per heavy atom. The molecule has 0 aromatic heterocycles. The van der Waals surface area contributed by atoms with Gasteiger partial charge in [-0.1, -0.05) is 15.9 Å². The molecule has 1 rings (SSSR count). The molecule has 0 saturated heterocycles. The van der Waals surface area contributed by atoms with Crippen LogP contribution in [0.1, 0.15) is 11.1 Å². The lowest BCUT2D eigenvalue weighted by molar-refractivity contribution is 1.40. The molecule has 0 bridgehead atoms. The fraction of sp³-hybridized carbons (Fsp3) is 0. The summed E-state index contributed by atoms with van der Waals surface area (Å²) in [6, 6.07) is 6.92.